The van der Waals surface area contributed by atoms with E-state index < -0.39 is 0 Å². The lowest BCUT2D eigenvalue weighted by molar-refractivity contribution is -0.121. The third-order valence-corrected chi connectivity index (χ3v) is 2.60. The molecule has 0 aromatic carbocycles. The van der Waals surface area contributed by atoms with E-state index in [0.29, 0.717) is 19.5 Å². The van der Waals surface area contributed by atoms with Gasteiger partial charge in [0.05, 0.1) is 0 Å². The van der Waals surface area contributed by atoms with Gasteiger partial charge >= 0.3 is 0 Å². The summed E-state index contributed by atoms with van der Waals surface area (Å²) in [7, 11) is 0. The van der Waals surface area contributed by atoms with Gasteiger partial charge in [0.15, 0.2) is 0 Å². The van der Waals surface area contributed by atoms with Gasteiger partial charge in [0.25, 0.3) is 0 Å². The largest absolute Gasteiger partial charge is 0.355 e. The first-order chi connectivity index (χ1) is 7.52. The van der Waals surface area contributed by atoms with Crippen LogP contribution in [0.5, 0.6) is 0 Å². The van der Waals surface area contributed by atoms with E-state index in [-0.39, 0.29) is 11.3 Å². The van der Waals surface area contributed by atoms with Gasteiger partial charge in [-0.25, -0.2) is 0 Å². The summed E-state index contributed by atoms with van der Waals surface area (Å²) in [4.78, 5) is 11.5. The molecule has 0 aromatic heterocycles. The number of carbonyl (C=O) groups excluding carboxylic acids is 1. The first-order valence-electron chi connectivity index (χ1n) is 5.88. The fourth-order valence-corrected chi connectivity index (χ4v) is 1.45. The van der Waals surface area contributed by atoms with Crippen LogP contribution in [0.2, 0.25) is 0 Å². The third kappa shape index (κ3) is 8.31. The minimum absolute atomic E-state index is 0.114. The Bertz CT molecular complexity index is 261. The Kier molecular flexibility index (Phi) is 7.66. The normalized spacial score (nSPS) is 10.5. The van der Waals surface area contributed by atoms with Crippen molar-refractivity contribution in [3.05, 3.63) is 0 Å². The summed E-state index contributed by atoms with van der Waals surface area (Å²) in [6.45, 7) is 7.43. The minimum Gasteiger partial charge on any atom is -0.355 e. The van der Waals surface area contributed by atoms with Crippen LogP contribution in [0.25, 0.3) is 0 Å². The molecule has 1 amide bonds. The second-order valence-corrected chi connectivity index (χ2v) is 4.73. The molecule has 0 unspecified atom stereocenters. The summed E-state index contributed by atoms with van der Waals surface area (Å²) in [6.07, 6.45) is 3.15. The monoisotopic (exact) mass is 224 g/mol. The second kappa shape index (κ2) is 8.18. The highest BCUT2D eigenvalue weighted by molar-refractivity contribution is 5.75. The summed E-state index contributed by atoms with van der Waals surface area (Å²) >= 11 is 0. The maximum absolute atomic E-state index is 11.5. The standard InChI is InChI=1S/C13H24N2O/c1-4-5-6-11-15-12(16)7-8-13(2,3)9-10-14/h6-11,14H2,1-3H3,(H,15,16). The molecule has 3 N–H and O–H groups in total. The zero-order valence-corrected chi connectivity index (χ0v) is 10.7. The molecule has 0 bridgehead atoms. The molecule has 16 heavy (non-hydrogen) atoms. The zero-order valence-electron chi connectivity index (χ0n) is 10.7. The number of amides is 1. The van der Waals surface area contributed by atoms with Gasteiger partial charge in [-0.15, -0.1) is 11.8 Å². The number of hydrogen-bond acceptors (Lipinski definition) is 2. The summed E-state index contributed by atoms with van der Waals surface area (Å²) < 4.78 is 0. The van der Waals surface area contributed by atoms with Crippen molar-refractivity contribution in [2.24, 2.45) is 11.1 Å². The number of carbonyl (C=O) groups is 1. The highest BCUT2D eigenvalue weighted by Gasteiger charge is 2.17. The Labute approximate surface area is 99.2 Å². The highest BCUT2D eigenvalue weighted by atomic mass is 16.1. The predicted molar refractivity (Wildman–Crippen MR) is 67.8 cm³/mol. The van der Waals surface area contributed by atoms with Crippen molar-refractivity contribution >= 4 is 5.91 Å². The Morgan fingerprint density at radius 1 is 1.38 bits per heavy atom. The zero-order chi connectivity index (χ0) is 12.4. The predicted octanol–water partition coefficient (Wildman–Crippen LogP) is 1.67. The molecular formula is C13H24N2O. The molecule has 3 heteroatoms. The molecule has 0 radical (unpaired) electrons. The average molecular weight is 224 g/mol. The number of hydrogen-bond donors (Lipinski definition) is 2. The van der Waals surface area contributed by atoms with Crippen LogP contribution in [0.3, 0.4) is 0 Å². The smallest absolute Gasteiger partial charge is 0.220 e. The van der Waals surface area contributed by atoms with Crippen molar-refractivity contribution in [1.29, 1.82) is 0 Å². The fourth-order valence-electron chi connectivity index (χ4n) is 1.45. The SMILES string of the molecule is CC#CCCNC(=O)CCC(C)(C)CCN. The molecule has 0 aromatic rings. The van der Waals surface area contributed by atoms with E-state index in [1.54, 1.807) is 6.92 Å². The molecule has 0 atom stereocenters. The lowest BCUT2D eigenvalue weighted by Gasteiger charge is -2.23. The third-order valence-electron chi connectivity index (χ3n) is 2.60. The first-order valence-corrected chi connectivity index (χ1v) is 5.88. The van der Waals surface area contributed by atoms with Crippen LogP contribution >= 0.6 is 0 Å². The maximum Gasteiger partial charge on any atom is 0.220 e. The maximum atomic E-state index is 11.5. The lowest BCUT2D eigenvalue weighted by Crippen LogP contribution is -2.26. The molecular weight excluding hydrogens is 200 g/mol. The van der Waals surface area contributed by atoms with Crippen LogP contribution in [-0.4, -0.2) is 19.0 Å². The molecule has 0 aliphatic rings. The number of rotatable bonds is 7. The average Bonchev–Trinajstić information content (AvgIpc) is 2.22. The molecule has 0 aliphatic heterocycles. The second-order valence-electron chi connectivity index (χ2n) is 4.73. The van der Waals surface area contributed by atoms with Gasteiger partial charge in [-0.1, -0.05) is 13.8 Å². The van der Waals surface area contributed by atoms with Crippen molar-refractivity contribution in [3.63, 3.8) is 0 Å². The van der Waals surface area contributed by atoms with Crippen molar-refractivity contribution in [1.82, 2.24) is 5.32 Å². The number of nitrogens with one attached hydrogen (secondary N) is 1. The van der Waals surface area contributed by atoms with Gasteiger partial charge in [0, 0.05) is 19.4 Å². The molecule has 92 valence electrons. The van der Waals surface area contributed by atoms with E-state index in [0.717, 1.165) is 19.3 Å². The molecule has 0 rings (SSSR count). The first kappa shape index (κ1) is 15.0. The summed E-state index contributed by atoms with van der Waals surface area (Å²) in [6, 6.07) is 0. The van der Waals surface area contributed by atoms with Crippen LogP contribution in [-0.2, 0) is 4.79 Å². The minimum atomic E-state index is 0.114. The molecule has 0 heterocycles. The van der Waals surface area contributed by atoms with Gasteiger partial charge in [-0.3, -0.25) is 4.79 Å². The molecule has 0 aliphatic carbocycles. The lowest BCUT2D eigenvalue weighted by atomic mass is 9.84. The summed E-state index contributed by atoms with van der Waals surface area (Å²) in [5, 5.41) is 2.86. The van der Waals surface area contributed by atoms with E-state index >= 15 is 0 Å². The molecule has 3 nitrogen and oxygen atoms in total. The van der Waals surface area contributed by atoms with Crippen molar-refractivity contribution in [2.75, 3.05) is 13.1 Å². The quantitative estimate of drug-likeness (QED) is 0.510. The summed E-state index contributed by atoms with van der Waals surface area (Å²) in [5.41, 5.74) is 5.68. The molecule has 0 fully saturated rings. The van der Waals surface area contributed by atoms with Gasteiger partial charge in [-0.2, -0.15) is 0 Å². The van der Waals surface area contributed by atoms with Crippen molar-refractivity contribution < 1.29 is 4.79 Å². The van der Waals surface area contributed by atoms with E-state index in [1.165, 1.54) is 0 Å². The number of nitrogens with two attached hydrogens (primary N) is 1. The topological polar surface area (TPSA) is 55.1 Å². The van der Waals surface area contributed by atoms with Gasteiger partial charge in [0.2, 0.25) is 5.91 Å². The molecule has 0 saturated heterocycles. The van der Waals surface area contributed by atoms with Crippen molar-refractivity contribution in [3.8, 4) is 11.8 Å². The van der Waals surface area contributed by atoms with Crippen molar-refractivity contribution in [2.45, 2.75) is 46.5 Å². The van der Waals surface area contributed by atoms with Gasteiger partial charge in [-0.05, 0) is 31.7 Å². The van der Waals surface area contributed by atoms with E-state index in [1.807, 2.05) is 0 Å². The Morgan fingerprint density at radius 2 is 2.06 bits per heavy atom. The molecule has 0 saturated carbocycles. The van der Waals surface area contributed by atoms with Gasteiger partial charge < -0.3 is 11.1 Å². The van der Waals surface area contributed by atoms with Crippen LogP contribution in [0, 0.1) is 17.3 Å². The van der Waals surface area contributed by atoms with Crippen LogP contribution in [0.1, 0.15) is 46.5 Å². The Morgan fingerprint density at radius 3 is 2.62 bits per heavy atom. The Hall–Kier alpha value is -1.01. The van der Waals surface area contributed by atoms with E-state index in [9.17, 15) is 4.79 Å². The highest BCUT2D eigenvalue weighted by Crippen LogP contribution is 2.25. The molecule has 0 spiro atoms. The van der Waals surface area contributed by atoms with Gasteiger partial charge in [0.1, 0.15) is 0 Å². The van der Waals surface area contributed by atoms with Crippen LogP contribution in [0.4, 0.5) is 0 Å². The fraction of sp³-hybridized carbons (Fsp3) is 0.769. The van der Waals surface area contributed by atoms with Crippen LogP contribution in [0.15, 0.2) is 0 Å². The van der Waals surface area contributed by atoms with E-state index in [2.05, 4.69) is 31.0 Å². The Balaban J connectivity index is 3.67. The van der Waals surface area contributed by atoms with E-state index in [4.69, 9.17) is 5.73 Å². The van der Waals surface area contributed by atoms with Crippen LogP contribution < -0.4 is 11.1 Å². The summed E-state index contributed by atoms with van der Waals surface area (Å²) in [5.74, 6) is 5.83.